The van der Waals surface area contributed by atoms with Crippen LogP contribution in [0.1, 0.15) is 22.0 Å². The number of aliphatic hydroxyl groups is 3. The predicted molar refractivity (Wildman–Crippen MR) is 72.2 cm³/mol. The Morgan fingerprint density at radius 2 is 1.96 bits per heavy atom. The Morgan fingerprint density at radius 1 is 1.26 bits per heavy atom. The molecule has 126 valence electrons. The number of phenols is 2. The molecule has 1 fully saturated rings. The second kappa shape index (κ2) is 5.53. The third-order valence-electron chi connectivity index (χ3n) is 4.09. The highest BCUT2D eigenvalue weighted by atomic mass is 16.6. The fraction of sp³-hybridized carbons (Fsp3) is 0.500. The number of carbonyl (C=O) groups excluding carboxylic acids is 1. The van der Waals surface area contributed by atoms with Crippen LogP contribution in [0.25, 0.3) is 0 Å². The summed E-state index contributed by atoms with van der Waals surface area (Å²) in [6.45, 7) is -0.583. The van der Waals surface area contributed by atoms with Crippen molar-refractivity contribution in [1.82, 2.24) is 0 Å². The lowest BCUT2D eigenvalue weighted by Crippen LogP contribution is -2.58. The first-order chi connectivity index (χ1) is 10.9. The number of phenolic OH excluding ortho intramolecular Hbond substituents is 2. The summed E-state index contributed by atoms with van der Waals surface area (Å²) in [5.74, 6) is -2.16. The Labute approximate surface area is 130 Å². The van der Waals surface area contributed by atoms with Gasteiger partial charge in [0.2, 0.25) is 5.75 Å². The third-order valence-corrected chi connectivity index (χ3v) is 4.09. The molecule has 0 saturated carbocycles. The van der Waals surface area contributed by atoms with E-state index in [9.17, 15) is 30.3 Å². The van der Waals surface area contributed by atoms with Crippen LogP contribution in [-0.4, -0.2) is 69.6 Å². The highest BCUT2D eigenvalue weighted by molar-refractivity contribution is 5.95. The van der Waals surface area contributed by atoms with E-state index < -0.39 is 54.6 Å². The van der Waals surface area contributed by atoms with Crippen molar-refractivity contribution in [3.8, 4) is 17.2 Å². The van der Waals surface area contributed by atoms with Crippen LogP contribution in [0.4, 0.5) is 0 Å². The Hall–Kier alpha value is -2.07. The van der Waals surface area contributed by atoms with E-state index in [-0.39, 0.29) is 16.9 Å². The number of methoxy groups -OCH3 is 1. The van der Waals surface area contributed by atoms with Crippen LogP contribution in [-0.2, 0) is 9.47 Å². The highest BCUT2D eigenvalue weighted by Crippen LogP contribution is 2.49. The second-order valence-electron chi connectivity index (χ2n) is 5.37. The normalized spacial score (nSPS) is 32.7. The zero-order valence-electron chi connectivity index (χ0n) is 12.0. The number of hydrogen-bond acceptors (Lipinski definition) is 9. The molecule has 3 rings (SSSR count). The van der Waals surface area contributed by atoms with Crippen molar-refractivity contribution in [2.45, 2.75) is 30.5 Å². The predicted octanol–water partition coefficient (Wildman–Crippen LogP) is -1.20. The molecule has 9 heteroatoms. The second-order valence-corrected chi connectivity index (χ2v) is 5.37. The smallest absolute Gasteiger partial charge is 0.339 e. The zero-order valence-corrected chi connectivity index (χ0v) is 12.0. The van der Waals surface area contributed by atoms with E-state index in [2.05, 4.69) is 0 Å². The topological polar surface area (TPSA) is 146 Å². The minimum atomic E-state index is -1.51. The first-order valence-corrected chi connectivity index (χ1v) is 6.87. The number of ether oxygens (including phenoxy) is 3. The van der Waals surface area contributed by atoms with Crippen LogP contribution < -0.4 is 4.74 Å². The van der Waals surface area contributed by atoms with Gasteiger partial charge in [0.15, 0.2) is 17.6 Å². The van der Waals surface area contributed by atoms with Crippen LogP contribution in [0.3, 0.4) is 0 Å². The van der Waals surface area contributed by atoms with Crippen molar-refractivity contribution in [1.29, 1.82) is 0 Å². The van der Waals surface area contributed by atoms with Crippen molar-refractivity contribution < 1.29 is 44.5 Å². The first kappa shape index (κ1) is 15.8. The summed E-state index contributed by atoms with van der Waals surface area (Å²) < 4.78 is 15.4. The van der Waals surface area contributed by atoms with Crippen LogP contribution in [0, 0.1) is 0 Å². The van der Waals surface area contributed by atoms with Gasteiger partial charge < -0.3 is 39.7 Å². The fourth-order valence-corrected chi connectivity index (χ4v) is 2.95. The van der Waals surface area contributed by atoms with Crippen LogP contribution in [0.15, 0.2) is 6.07 Å². The first-order valence-electron chi connectivity index (χ1n) is 6.87. The number of aromatic hydroxyl groups is 2. The summed E-state index contributed by atoms with van der Waals surface area (Å²) >= 11 is 0. The largest absolute Gasteiger partial charge is 0.504 e. The van der Waals surface area contributed by atoms with Gasteiger partial charge in [-0.15, -0.1) is 0 Å². The van der Waals surface area contributed by atoms with Crippen LogP contribution in [0.2, 0.25) is 0 Å². The molecule has 0 spiro atoms. The fourth-order valence-electron chi connectivity index (χ4n) is 2.95. The lowest BCUT2D eigenvalue weighted by atomic mass is 9.86. The molecule has 2 aliphatic heterocycles. The number of benzene rings is 1. The molecule has 0 bridgehead atoms. The third kappa shape index (κ3) is 2.20. The summed E-state index contributed by atoms with van der Waals surface area (Å²) in [4.78, 5) is 12.1. The van der Waals surface area contributed by atoms with Gasteiger partial charge in [-0.1, -0.05) is 0 Å². The van der Waals surface area contributed by atoms with Crippen LogP contribution >= 0.6 is 0 Å². The number of esters is 1. The average molecular weight is 328 g/mol. The number of hydrogen-bond donors (Lipinski definition) is 5. The zero-order chi connectivity index (χ0) is 16.9. The van der Waals surface area contributed by atoms with E-state index >= 15 is 0 Å². The summed E-state index contributed by atoms with van der Waals surface area (Å²) in [6, 6.07) is 1.06. The van der Waals surface area contributed by atoms with E-state index in [1.165, 1.54) is 7.11 Å². The maximum absolute atomic E-state index is 12.1. The lowest BCUT2D eigenvalue weighted by molar-refractivity contribution is -0.235. The van der Waals surface area contributed by atoms with E-state index in [4.69, 9.17) is 14.2 Å². The molecular formula is C14H16O9. The molecule has 1 saturated heterocycles. The highest BCUT2D eigenvalue weighted by Gasteiger charge is 2.52. The molecule has 1 aromatic rings. The Bertz CT molecular complexity index is 644. The molecule has 0 aromatic heterocycles. The van der Waals surface area contributed by atoms with Gasteiger partial charge in [-0.3, -0.25) is 0 Å². The van der Waals surface area contributed by atoms with Crippen molar-refractivity contribution in [3.63, 3.8) is 0 Å². The van der Waals surface area contributed by atoms with Gasteiger partial charge in [-0.25, -0.2) is 4.79 Å². The van der Waals surface area contributed by atoms with Crippen LogP contribution in [0.5, 0.6) is 17.2 Å². The van der Waals surface area contributed by atoms with Crippen molar-refractivity contribution >= 4 is 5.97 Å². The standard InChI is InChI=1S/C14H16O9/c1-21-11-5(16)2-4-7(9(11)18)12-13(23-14(4)20)10(19)8(17)6(3-15)22-12/h2,6,8,10,12-13,15-19H,3H2,1H3/t6-,8+,10+,12+,13+/m1/s1. The number of carbonyl (C=O) groups is 1. The minimum absolute atomic E-state index is 0.0368. The molecule has 1 aromatic carbocycles. The van der Waals surface area contributed by atoms with Gasteiger partial charge in [0.25, 0.3) is 0 Å². The maximum atomic E-state index is 12.1. The quantitative estimate of drug-likeness (QED) is 0.422. The molecule has 5 atom stereocenters. The monoisotopic (exact) mass is 328 g/mol. The maximum Gasteiger partial charge on any atom is 0.339 e. The van der Waals surface area contributed by atoms with Crippen molar-refractivity contribution in [2.75, 3.05) is 13.7 Å². The molecule has 0 radical (unpaired) electrons. The van der Waals surface area contributed by atoms with Gasteiger partial charge in [0, 0.05) is 5.56 Å². The molecule has 23 heavy (non-hydrogen) atoms. The van der Waals surface area contributed by atoms with Crippen molar-refractivity contribution in [2.24, 2.45) is 0 Å². The van der Waals surface area contributed by atoms with Gasteiger partial charge >= 0.3 is 5.97 Å². The molecule has 2 heterocycles. The molecule has 0 amide bonds. The van der Waals surface area contributed by atoms with E-state index in [0.717, 1.165) is 6.07 Å². The molecule has 0 unspecified atom stereocenters. The Kier molecular flexibility index (Phi) is 3.80. The van der Waals surface area contributed by atoms with Gasteiger partial charge in [0.05, 0.1) is 19.3 Å². The molecule has 9 nitrogen and oxygen atoms in total. The number of rotatable bonds is 2. The summed E-state index contributed by atoms with van der Waals surface area (Å²) in [7, 11) is 1.22. The molecule has 5 N–H and O–H groups in total. The molecular weight excluding hydrogens is 312 g/mol. The van der Waals surface area contributed by atoms with Gasteiger partial charge in [-0.05, 0) is 6.07 Å². The summed E-state index contributed by atoms with van der Waals surface area (Å²) in [6.07, 6.45) is -6.50. The average Bonchev–Trinajstić information content (AvgIpc) is 2.52. The molecule has 2 aliphatic rings. The molecule has 0 aliphatic carbocycles. The lowest BCUT2D eigenvalue weighted by Gasteiger charge is -2.44. The SMILES string of the molecule is COc1c(O)cc2c(c1O)[C@@H]1O[C@H](CO)[C@H](O)[C@H](O)[C@@H]1OC2=O. The Morgan fingerprint density at radius 3 is 2.57 bits per heavy atom. The summed E-state index contributed by atoms with van der Waals surface area (Å²) in [5, 5.41) is 49.3. The Balaban J connectivity index is 2.16. The van der Waals surface area contributed by atoms with Gasteiger partial charge in [0.1, 0.15) is 24.4 Å². The van der Waals surface area contributed by atoms with E-state index in [1.54, 1.807) is 0 Å². The number of aliphatic hydroxyl groups excluding tert-OH is 3. The minimum Gasteiger partial charge on any atom is -0.504 e. The van der Waals surface area contributed by atoms with E-state index in [1.807, 2.05) is 0 Å². The summed E-state index contributed by atoms with van der Waals surface area (Å²) in [5.41, 5.74) is -0.187. The van der Waals surface area contributed by atoms with Gasteiger partial charge in [-0.2, -0.15) is 0 Å². The number of fused-ring (bicyclic) bond motifs is 3. The van der Waals surface area contributed by atoms with E-state index in [0.29, 0.717) is 0 Å². The van der Waals surface area contributed by atoms with Crippen molar-refractivity contribution in [3.05, 3.63) is 17.2 Å².